The lowest BCUT2D eigenvalue weighted by atomic mass is 9.94. The fraction of sp³-hybridized carbons (Fsp3) is 0.533. The first-order chi connectivity index (χ1) is 18.3. The number of nitrogens with one attached hydrogen (secondary N) is 1. The van der Waals surface area contributed by atoms with Crippen LogP contribution in [0.15, 0.2) is 34.9 Å². The van der Waals surface area contributed by atoms with Crippen LogP contribution in [0, 0.1) is 18.3 Å². The fourth-order valence-electron chi connectivity index (χ4n) is 5.84. The van der Waals surface area contributed by atoms with Crippen LogP contribution in [0.1, 0.15) is 69.5 Å². The van der Waals surface area contributed by atoms with Crippen molar-refractivity contribution in [3.05, 3.63) is 42.0 Å². The molecular weight excluding hydrogens is 480 g/mol. The predicted octanol–water partition coefficient (Wildman–Crippen LogP) is 5.25. The summed E-state index contributed by atoms with van der Waals surface area (Å²) in [6.07, 6.45) is 7.24. The number of ether oxygens (including phenoxy) is 1. The first-order valence-electron chi connectivity index (χ1n) is 13.7. The molecule has 0 bridgehead atoms. The summed E-state index contributed by atoms with van der Waals surface area (Å²) in [4.78, 5) is 36.3. The standard InChI is InChI=1S/C30H38N4O4/c1-5-21(35)9-7-6-8-10-24(33-28(36)23-15-30(23)17-34(3)18-30)29-31-16-27(38-29)22-13-20-12-11-19(2)32-25(20)14-26(22)37-4/h11-14,16,23-24H,5-10,15,17-18H2,1-4H3,(H,33,36)/t23-,24+/m1/s1. The highest BCUT2D eigenvalue weighted by Crippen LogP contribution is 2.58. The van der Waals surface area contributed by atoms with E-state index in [1.54, 1.807) is 13.3 Å². The van der Waals surface area contributed by atoms with Gasteiger partial charge in [-0.25, -0.2) is 4.98 Å². The quantitative estimate of drug-likeness (QED) is 0.327. The van der Waals surface area contributed by atoms with Crippen molar-refractivity contribution in [3.63, 3.8) is 0 Å². The molecule has 1 saturated carbocycles. The van der Waals surface area contributed by atoms with E-state index in [0.29, 0.717) is 42.4 Å². The Balaban J connectivity index is 1.33. The molecule has 38 heavy (non-hydrogen) atoms. The maximum atomic E-state index is 13.2. The lowest BCUT2D eigenvalue weighted by Crippen LogP contribution is -2.48. The lowest BCUT2D eigenvalue weighted by molar-refractivity contribution is -0.125. The largest absolute Gasteiger partial charge is 0.496 e. The molecule has 8 heteroatoms. The Kier molecular flexibility index (Phi) is 7.52. The predicted molar refractivity (Wildman–Crippen MR) is 146 cm³/mol. The summed E-state index contributed by atoms with van der Waals surface area (Å²) in [5, 5.41) is 4.24. The molecule has 1 aliphatic heterocycles. The van der Waals surface area contributed by atoms with Crippen molar-refractivity contribution in [1.82, 2.24) is 20.2 Å². The number of pyridine rings is 1. The normalized spacial score (nSPS) is 18.8. The molecule has 2 atom stereocenters. The van der Waals surface area contributed by atoms with Crippen molar-refractivity contribution in [2.45, 2.75) is 64.8 Å². The first-order valence-corrected chi connectivity index (χ1v) is 13.7. The summed E-state index contributed by atoms with van der Waals surface area (Å²) in [7, 11) is 3.73. The Bertz CT molecular complexity index is 1330. The van der Waals surface area contributed by atoms with Gasteiger partial charge < -0.3 is 19.4 Å². The SMILES string of the molecule is CCC(=O)CCCCC[C@H](NC(=O)[C@H]1CC12CN(C)C2)c1ncc(-c2cc3ccc(C)nc3cc2OC)o1. The third kappa shape index (κ3) is 5.46. The topological polar surface area (TPSA) is 97.6 Å². The number of nitrogens with zero attached hydrogens (tertiary/aromatic N) is 3. The number of fused-ring (bicyclic) bond motifs is 1. The first kappa shape index (κ1) is 26.4. The van der Waals surface area contributed by atoms with Gasteiger partial charge in [0.15, 0.2) is 5.76 Å². The molecule has 1 aromatic carbocycles. The fourth-order valence-corrected chi connectivity index (χ4v) is 5.84. The maximum Gasteiger partial charge on any atom is 0.224 e. The van der Waals surface area contributed by atoms with Gasteiger partial charge in [-0.1, -0.05) is 25.8 Å². The number of hydrogen-bond donors (Lipinski definition) is 1. The van der Waals surface area contributed by atoms with E-state index in [1.807, 2.05) is 38.1 Å². The molecule has 2 aromatic heterocycles. The van der Waals surface area contributed by atoms with Crippen molar-refractivity contribution in [1.29, 1.82) is 0 Å². The molecule has 0 radical (unpaired) electrons. The number of benzene rings is 1. The van der Waals surface area contributed by atoms with Gasteiger partial charge in [0, 0.05) is 54.4 Å². The Morgan fingerprint density at radius 2 is 2.05 bits per heavy atom. The van der Waals surface area contributed by atoms with Crippen molar-refractivity contribution < 1.29 is 18.7 Å². The number of aryl methyl sites for hydroxylation is 1. The molecule has 1 saturated heterocycles. The summed E-state index contributed by atoms with van der Waals surface area (Å²) in [5.74, 6) is 2.21. The monoisotopic (exact) mass is 518 g/mol. The van der Waals surface area contributed by atoms with Crippen LogP contribution in [0.5, 0.6) is 5.75 Å². The second-order valence-corrected chi connectivity index (χ2v) is 11.1. The number of unbranched alkanes of at least 4 members (excludes halogenated alkanes) is 2. The average molecular weight is 519 g/mol. The molecule has 2 aliphatic rings. The van der Waals surface area contributed by atoms with E-state index >= 15 is 0 Å². The maximum absolute atomic E-state index is 13.2. The molecular formula is C30H38N4O4. The highest BCUT2D eigenvalue weighted by Gasteiger charge is 2.63. The van der Waals surface area contributed by atoms with Crippen molar-refractivity contribution in [3.8, 4) is 17.1 Å². The van der Waals surface area contributed by atoms with E-state index in [0.717, 1.165) is 60.9 Å². The highest BCUT2D eigenvalue weighted by atomic mass is 16.5. The van der Waals surface area contributed by atoms with Crippen LogP contribution in [0.2, 0.25) is 0 Å². The number of Topliss-reactive ketones (excluding diaryl/α,β-unsaturated/α-hetero) is 1. The van der Waals surface area contributed by atoms with Gasteiger partial charge in [-0.05, 0) is 45.4 Å². The molecule has 0 unspecified atom stereocenters. The number of oxazole rings is 1. The third-order valence-corrected chi connectivity index (χ3v) is 8.07. The number of likely N-dealkylation sites (tertiary alicyclic amines) is 1. The van der Waals surface area contributed by atoms with Gasteiger partial charge in [0.2, 0.25) is 11.8 Å². The summed E-state index contributed by atoms with van der Waals surface area (Å²) in [6, 6.07) is 7.62. The number of methoxy groups -OCH3 is 1. The molecule has 3 aromatic rings. The zero-order valence-corrected chi connectivity index (χ0v) is 22.9. The molecule has 1 amide bonds. The summed E-state index contributed by atoms with van der Waals surface area (Å²) in [6.45, 7) is 5.84. The zero-order valence-electron chi connectivity index (χ0n) is 22.9. The molecule has 202 valence electrons. The third-order valence-electron chi connectivity index (χ3n) is 8.07. The van der Waals surface area contributed by atoms with Crippen LogP contribution in [-0.2, 0) is 9.59 Å². The van der Waals surface area contributed by atoms with Gasteiger partial charge in [-0.15, -0.1) is 0 Å². The van der Waals surface area contributed by atoms with Gasteiger partial charge in [-0.2, -0.15) is 0 Å². The molecule has 3 heterocycles. The van der Waals surface area contributed by atoms with E-state index < -0.39 is 0 Å². The van der Waals surface area contributed by atoms with Gasteiger partial charge in [-0.3, -0.25) is 14.6 Å². The molecule has 1 aliphatic carbocycles. The number of aromatic nitrogens is 2. The average Bonchev–Trinajstić information content (AvgIpc) is 3.43. The Labute approximate surface area is 224 Å². The number of carbonyl (C=O) groups is 2. The summed E-state index contributed by atoms with van der Waals surface area (Å²) in [5.41, 5.74) is 2.76. The van der Waals surface area contributed by atoms with Crippen molar-refractivity contribution in [2.75, 3.05) is 27.2 Å². The molecule has 1 N–H and O–H groups in total. The van der Waals surface area contributed by atoms with Crippen LogP contribution in [-0.4, -0.2) is 53.8 Å². The molecule has 5 rings (SSSR count). The second-order valence-electron chi connectivity index (χ2n) is 11.1. The Hall–Kier alpha value is -3.26. The minimum absolute atomic E-state index is 0.0642. The van der Waals surface area contributed by atoms with Gasteiger partial charge in [0.25, 0.3) is 0 Å². The van der Waals surface area contributed by atoms with E-state index in [4.69, 9.17) is 9.15 Å². The van der Waals surface area contributed by atoms with Crippen LogP contribution in [0.25, 0.3) is 22.2 Å². The van der Waals surface area contributed by atoms with Crippen LogP contribution in [0.3, 0.4) is 0 Å². The minimum atomic E-state index is -0.315. The van der Waals surface area contributed by atoms with E-state index in [2.05, 4.69) is 27.2 Å². The van der Waals surface area contributed by atoms with Crippen molar-refractivity contribution >= 4 is 22.6 Å². The molecule has 2 fully saturated rings. The summed E-state index contributed by atoms with van der Waals surface area (Å²) < 4.78 is 11.9. The summed E-state index contributed by atoms with van der Waals surface area (Å²) >= 11 is 0. The van der Waals surface area contributed by atoms with Gasteiger partial charge in [0.1, 0.15) is 17.6 Å². The van der Waals surface area contributed by atoms with Crippen LogP contribution >= 0.6 is 0 Å². The van der Waals surface area contributed by atoms with Crippen LogP contribution in [0.4, 0.5) is 0 Å². The van der Waals surface area contributed by atoms with Gasteiger partial charge >= 0.3 is 0 Å². The minimum Gasteiger partial charge on any atom is -0.496 e. The highest BCUT2D eigenvalue weighted by molar-refractivity contribution is 5.87. The second kappa shape index (κ2) is 10.8. The van der Waals surface area contributed by atoms with Gasteiger partial charge in [0.05, 0.1) is 24.4 Å². The molecule has 1 spiro atoms. The van der Waals surface area contributed by atoms with Crippen LogP contribution < -0.4 is 10.1 Å². The number of ketones is 1. The number of carbonyl (C=O) groups excluding carboxylic acids is 2. The van der Waals surface area contributed by atoms with E-state index in [1.165, 1.54) is 0 Å². The van der Waals surface area contributed by atoms with Crippen molar-refractivity contribution in [2.24, 2.45) is 11.3 Å². The Morgan fingerprint density at radius 3 is 2.79 bits per heavy atom. The Morgan fingerprint density at radius 1 is 1.24 bits per heavy atom. The van der Waals surface area contributed by atoms with E-state index in [9.17, 15) is 9.59 Å². The smallest absolute Gasteiger partial charge is 0.224 e. The zero-order chi connectivity index (χ0) is 26.9. The number of rotatable bonds is 12. The van der Waals surface area contributed by atoms with E-state index in [-0.39, 0.29) is 23.3 Å². The molecule has 8 nitrogen and oxygen atoms in total. The number of hydrogen-bond acceptors (Lipinski definition) is 7. The number of amides is 1. The lowest BCUT2D eigenvalue weighted by Gasteiger charge is -2.37.